The number of nitrogens with zero attached hydrogens (tertiary/aromatic N) is 2. The number of aryl methyl sites for hydroxylation is 1. The zero-order chi connectivity index (χ0) is 15.6. The van der Waals surface area contributed by atoms with Crippen LogP contribution in [0.25, 0.3) is 0 Å². The number of nitro benzene ring substituents is 1. The number of carbonyl (C=O) groups is 1. The lowest BCUT2D eigenvalue weighted by Crippen LogP contribution is -2.27. The molecule has 0 saturated heterocycles. The third-order valence-electron chi connectivity index (χ3n) is 3.10. The van der Waals surface area contributed by atoms with Crippen LogP contribution in [0, 0.1) is 17.0 Å². The normalized spacial score (nSPS) is 10.2. The number of hydrogen-bond donors (Lipinski definition) is 1. The van der Waals surface area contributed by atoms with Gasteiger partial charge in [-0.25, -0.2) is 0 Å². The smallest absolute Gasteiger partial charge is 0.282 e. The van der Waals surface area contributed by atoms with Crippen LogP contribution in [-0.2, 0) is 0 Å². The van der Waals surface area contributed by atoms with Crippen LogP contribution in [0.3, 0.4) is 0 Å². The minimum atomic E-state index is -0.642. The van der Waals surface area contributed by atoms with Gasteiger partial charge in [0.1, 0.15) is 11.3 Å². The number of phenolic OH excluding ortho intramolecular Hbond substituents is 1. The molecule has 0 unspecified atom stereocenters. The van der Waals surface area contributed by atoms with Gasteiger partial charge < -0.3 is 10.0 Å². The van der Waals surface area contributed by atoms with E-state index in [4.69, 9.17) is 0 Å². The van der Waals surface area contributed by atoms with Gasteiger partial charge in [0.25, 0.3) is 11.6 Å². The molecule has 0 fully saturated rings. The van der Waals surface area contributed by atoms with Gasteiger partial charge in [0.15, 0.2) is 0 Å². The first-order valence-corrected chi connectivity index (χ1v) is 6.22. The largest absolute Gasteiger partial charge is 0.508 e. The van der Waals surface area contributed by atoms with E-state index in [2.05, 4.69) is 0 Å². The van der Waals surface area contributed by atoms with Crippen LogP contribution >= 0.6 is 0 Å². The van der Waals surface area contributed by atoms with Crippen molar-refractivity contribution < 1.29 is 14.8 Å². The van der Waals surface area contributed by atoms with Gasteiger partial charge in [-0.05, 0) is 36.8 Å². The van der Waals surface area contributed by atoms with E-state index in [0.29, 0.717) is 5.69 Å². The maximum atomic E-state index is 12.4. The summed E-state index contributed by atoms with van der Waals surface area (Å²) >= 11 is 0. The highest BCUT2D eigenvalue weighted by molar-refractivity contribution is 6.08. The average Bonchev–Trinajstić information content (AvgIpc) is 2.45. The highest BCUT2D eigenvalue weighted by Crippen LogP contribution is 2.26. The summed E-state index contributed by atoms with van der Waals surface area (Å²) in [5.74, 6) is -0.746. The molecular weight excluding hydrogens is 272 g/mol. The first-order chi connectivity index (χ1) is 9.90. The van der Waals surface area contributed by atoms with Crippen LogP contribution in [0.2, 0.25) is 0 Å². The highest BCUT2D eigenvalue weighted by atomic mass is 16.6. The lowest BCUT2D eigenvalue weighted by Gasteiger charge is -2.18. The number of nitro groups is 1. The molecule has 0 atom stereocenters. The van der Waals surface area contributed by atoms with Crippen LogP contribution in [0.1, 0.15) is 15.9 Å². The Labute approximate surface area is 121 Å². The fraction of sp³-hybridized carbons (Fsp3) is 0.133. The minimum Gasteiger partial charge on any atom is -0.508 e. The van der Waals surface area contributed by atoms with Crippen molar-refractivity contribution >= 4 is 17.3 Å². The standard InChI is InChI=1S/C15H14N2O4/c1-10-4-3-5-11(8-10)16(2)15(19)13-9-12(18)6-7-14(13)17(20)21/h3-9,18H,1-2H3. The maximum Gasteiger partial charge on any atom is 0.282 e. The number of hydrogen-bond acceptors (Lipinski definition) is 4. The van der Waals surface area contributed by atoms with Crippen molar-refractivity contribution in [3.8, 4) is 5.75 Å². The Hall–Kier alpha value is -2.89. The zero-order valence-electron chi connectivity index (χ0n) is 11.6. The summed E-state index contributed by atoms with van der Waals surface area (Å²) in [6, 6.07) is 10.6. The fourth-order valence-corrected chi connectivity index (χ4v) is 1.99. The lowest BCUT2D eigenvalue weighted by atomic mass is 10.1. The van der Waals surface area contributed by atoms with E-state index >= 15 is 0 Å². The molecule has 6 heteroatoms. The molecule has 0 heterocycles. The van der Waals surface area contributed by atoms with Crippen molar-refractivity contribution in [1.29, 1.82) is 0 Å². The monoisotopic (exact) mass is 286 g/mol. The Balaban J connectivity index is 2.44. The molecule has 2 aromatic carbocycles. The van der Waals surface area contributed by atoms with E-state index in [1.807, 2.05) is 13.0 Å². The van der Waals surface area contributed by atoms with Gasteiger partial charge in [0, 0.05) is 18.8 Å². The number of aromatic hydroxyl groups is 1. The highest BCUT2D eigenvalue weighted by Gasteiger charge is 2.24. The van der Waals surface area contributed by atoms with Crippen LogP contribution in [0.4, 0.5) is 11.4 Å². The van der Waals surface area contributed by atoms with Crippen molar-refractivity contribution in [2.45, 2.75) is 6.92 Å². The third kappa shape index (κ3) is 3.00. The van der Waals surface area contributed by atoms with E-state index in [1.54, 1.807) is 18.2 Å². The molecule has 0 radical (unpaired) electrons. The maximum absolute atomic E-state index is 12.4. The summed E-state index contributed by atoms with van der Waals surface area (Å²) in [6.45, 7) is 1.89. The number of anilines is 1. The molecule has 0 aromatic heterocycles. The van der Waals surface area contributed by atoms with Crippen molar-refractivity contribution in [3.05, 3.63) is 63.7 Å². The molecule has 1 amide bonds. The van der Waals surface area contributed by atoms with Gasteiger partial charge in [0.05, 0.1) is 4.92 Å². The Morgan fingerprint density at radius 3 is 2.57 bits per heavy atom. The number of benzene rings is 2. The minimum absolute atomic E-state index is 0.149. The Bertz CT molecular complexity index is 713. The molecule has 0 aliphatic carbocycles. The van der Waals surface area contributed by atoms with Crippen molar-refractivity contribution in [2.75, 3.05) is 11.9 Å². The third-order valence-corrected chi connectivity index (χ3v) is 3.10. The molecule has 0 saturated carbocycles. The van der Waals surface area contributed by atoms with Gasteiger partial charge >= 0.3 is 0 Å². The SMILES string of the molecule is Cc1cccc(N(C)C(=O)c2cc(O)ccc2[N+](=O)[O-])c1. The second kappa shape index (κ2) is 5.62. The Kier molecular flexibility index (Phi) is 3.89. The predicted molar refractivity (Wildman–Crippen MR) is 78.7 cm³/mol. The molecule has 2 rings (SSSR count). The first kappa shape index (κ1) is 14.5. The van der Waals surface area contributed by atoms with Crippen molar-refractivity contribution in [3.63, 3.8) is 0 Å². The summed E-state index contributed by atoms with van der Waals surface area (Å²) < 4.78 is 0. The quantitative estimate of drug-likeness (QED) is 0.694. The predicted octanol–water partition coefficient (Wildman–Crippen LogP) is 2.89. The summed E-state index contributed by atoms with van der Waals surface area (Å²) in [5, 5.41) is 20.5. The lowest BCUT2D eigenvalue weighted by molar-refractivity contribution is -0.385. The summed E-state index contributed by atoms with van der Waals surface area (Å²) in [4.78, 5) is 24.1. The van der Waals surface area contributed by atoms with E-state index in [-0.39, 0.29) is 17.0 Å². The fourth-order valence-electron chi connectivity index (χ4n) is 1.99. The van der Waals surface area contributed by atoms with Crippen LogP contribution < -0.4 is 4.90 Å². The molecule has 21 heavy (non-hydrogen) atoms. The molecule has 0 aliphatic rings. The summed E-state index contributed by atoms with van der Waals surface area (Å²) in [5.41, 5.74) is 1.11. The number of phenols is 1. The van der Waals surface area contributed by atoms with Gasteiger partial charge in [-0.15, -0.1) is 0 Å². The zero-order valence-corrected chi connectivity index (χ0v) is 11.6. The molecule has 0 aliphatic heterocycles. The topological polar surface area (TPSA) is 83.7 Å². The van der Waals surface area contributed by atoms with Gasteiger partial charge in [-0.3, -0.25) is 14.9 Å². The molecular formula is C15H14N2O4. The summed E-state index contributed by atoms with van der Waals surface area (Å²) in [7, 11) is 1.53. The second-order valence-corrected chi connectivity index (χ2v) is 4.66. The first-order valence-electron chi connectivity index (χ1n) is 6.22. The van der Waals surface area contributed by atoms with Crippen molar-refractivity contribution in [2.24, 2.45) is 0 Å². The number of carbonyl (C=O) groups excluding carboxylic acids is 1. The molecule has 2 aromatic rings. The summed E-state index contributed by atoms with van der Waals surface area (Å²) in [6.07, 6.45) is 0. The van der Waals surface area contributed by atoms with Crippen LogP contribution in [0.5, 0.6) is 5.75 Å². The van der Waals surface area contributed by atoms with Crippen LogP contribution in [0.15, 0.2) is 42.5 Å². The number of rotatable bonds is 3. The molecule has 6 nitrogen and oxygen atoms in total. The average molecular weight is 286 g/mol. The van der Waals surface area contributed by atoms with Crippen LogP contribution in [-0.4, -0.2) is 23.0 Å². The molecule has 108 valence electrons. The molecule has 0 bridgehead atoms. The van der Waals surface area contributed by atoms with Gasteiger partial charge in [0.2, 0.25) is 0 Å². The second-order valence-electron chi connectivity index (χ2n) is 4.66. The number of amides is 1. The van der Waals surface area contributed by atoms with Crippen molar-refractivity contribution in [1.82, 2.24) is 0 Å². The van der Waals surface area contributed by atoms with Gasteiger partial charge in [-0.1, -0.05) is 12.1 Å². The van der Waals surface area contributed by atoms with Gasteiger partial charge in [-0.2, -0.15) is 0 Å². The van der Waals surface area contributed by atoms with E-state index in [0.717, 1.165) is 17.7 Å². The Morgan fingerprint density at radius 2 is 1.95 bits per heavy atom. The Morgan fingerprint density at radius 1 is 1.24 bits per heavy atom. The van der Waals surface area contributed by atoms with E-state index < -0.39 is 10.8 Å². The van der Waals surface area contributed by atoms with E-state index in [1.165, 1.54) is 18.0 Å². The molecule has 1 N–H and O–H groups in total. The molecule has 0 spiro atoms. The van der Waals surface area contributed by atoms with E-state index in [9.17, 15) is 20.0 Å².